The van der Waals surface area contributed by atoms with Crippen molar-refractivity contribution in [3.63, 3.8) is 0 Å². The van der Waals surface area contributed by atoms with Crippen LogP contribution in [0.3, 0.4) is 0 Å². The molecule has 0 aromatic heterocycles. The maximum absolute atomic E-state index is 11.9. The van der Waals surface area contributed by atoms with Crippen LogP contribution < -0.4 is 4.74 Å². The minimum absolute atomic E-state index is 0.0695. The van der Waals surface area contributed by atoms with Crippen LogP contribution in [0.2, 0.25) is 0 Å². The van der Waals surface area contributed by atoms with Crippen molar-refractivity contribution in [3.05, 3.63) is 23.8 Å². The molecule has 0 unspecified atom stereocenters. The molecule has 21 heavy (non-hydrogen) atoms. The van der Waals surface area contributed by atoms with E-state index in [0.717, 1.165) is 31.2 Å². The van der Waals surface area contributed by atoms with Gasteiger partial charge in [-0.05, 0) is 30.5 Å². The molecule has 0 spiro atoms. The van der Waals surface area contributed by atoms with Crippen LogP contribution >= 0.6 is 0 Å². The molecule has 1 aromatic rings. The van der Waals surface area contributed by atoms with Gasteiger partial charge in [0.05, 0.1) is 13.2 Å². The van der Waals surface area contributed by atoms with Gasteiger partial charge in [-0.3, -0.25) is 4.79 Å². The van der Waals surface area contributed by atoms with Crippen molar-refractivity contribution in [3.8, 4) is 11.5 Å². The van der Waals surface area contributed by atoms with E-state index in [1.165, 1.54) is 13.2 Å². The Bertz CT molecular complexity index is 442. The van der Waals surface area contributed by atoms with Gasteiger partial charge < -0.3 is 14.9 Å². The summed E-state index contributed by atoms with van der Waals surface area (Å²) in [4.78, 5) is 11.9. The Balaban J connectivity index is 2.36. The second kappa shape index (κ2) is 9.40. The zero-order chi connectivity index (χ0) is 15.7. The summed E-state index contributed by atoms with van der Waals surface area (Å²) in [5, 5.41) is 19.3. The number of carbonyl (C=O) groups is 1. The zero-order valence-corrected chi connectivity index (χ0v) is 13.0. The zero-order valence-electron chi connectivity index (χ0n) is 13.0. The van der Waals surface area contributed by atoms with E-state index in [2.05, 4.69) is 6.92 Å². The molecule has 1 rings (SSSR count). The SMILES string of the molecule is CCCCC[C@H](O)CCC(=O)Cc1ccc(O)c(OC)c1. The number of benzene rings is 1. The fraction of sp³-hybridized carbons (Fsp3) is 0.588. The van der Waals surface area contributed by atoms with E-state index in [0.29, 0.717) is 25.0 Å². The largest absolute Gasteiger partial charge is 0.504 e. The first-order chi connectivity index (χ1) is 10.1. The molecule has 0 aliphatic carbocycles. The molecule has 0 amide bonds. The maximum Gasteiger partial charge on any atom is 0.160 e. The third-order valence-electron chi connectivity index (χ3n) is 3.54. The third kappa shape index (κ3) is 6.63. The van der Waals surface area contributed by atoms with E-state index >= 15 is 0 Å². The summed E-state index contributed by atoms with van der Waals surface area (Å²) in [6, 6.07) is 4.92. The van der Waals surface area contributed by atoms with Gasteiger partial charge in [-0.1, -0.05) is 32.3 Å². The summed E-state index contributed by atoms with van der Waals surface area (Å²) in [6.07, 6.45) is 4.88. The normalized spacial score (nSPS) is 12.1. The number of methoxy groups -OCH3 is 1. The second-order valence-corrected chi connectivity index (χ2v) is 5.41. The number of hydrogen-bond acceptors (Lipinski definition) is 4. The number of ether oxygens (including phenoxy) is 1. The fourth-order valence-electron chi connectivity index (χ4n) is 2.25. The van der Waals surface area contributed by atoms with Gasteiger partial charge in [0.25, 0.3) is 0 Å². The maximum atomic E-state index is 11.9. The molecule has 2 N–H and O–H groups in total. The number of unbranched alkanes of at least 4 members (excludes halogenated alkanes) is 2. The van der Waals surface area contributed by atoms with Crippen molar-refractivity contribution >= 4 is 5.78 Å². The van der Waals surface area contributed by atoms with Gasteiger partial charge in [-0.25, -0.2) is 0 Å². The van der Waals surface area contributed by atoms with Crippen molar-refractivity contribution in [1.29, 1.82) is 0 Å². The molecule has 0 aliphatic rings. The molecule has 4 heteroatoms. The molecule has 0 bridgehead atoms. The van der Waals surface area contributed by atoms with E-state index in [1.54, 1.807) is 12.1 Å². The molecule has 0 heterocycles. The summed E-state index contributed by atoms with van der Waals surface area (Å²) in [5.74, 6) is 0.539. The Morgan fingerprint density at radius 1 is 1.29 bits per heavy atom. The first-order valence-electron chi connectivity index (χ1n) is 7.62. The van der Waals surface area contributed by atoms with Gasteiger partial charge in [0.15, 0.2) is 11.5 Å². The van der Waals surface area contributed by atoms with E-state index in [1.807, 2.05) is 0 Å². The second-order valence-electron chi connectivity index (χ2n) is 5.41. The van der Waals surface area contributed by atoms with E-state index in [9.17, 15) is 15.0 Å². The van der Waals surface area contributed by atoms with Crippen LogP contribution in [0, 0.1) is 0 Å². The number of phenols is 1. The number of Topliss-reactive ketones (excluding diaryl/α,β-unsaturated/α-hetero) is 1. The molecule has 0 radical (unpaired) electrons. The number of hydrogen-bond donors (Lipinski definition) is 2. The van der Waals surface area contributed by atoms with Crippen LogP contribution in [0.4, 0.5) is 0 Å². The molecule has 4 nitrogen and oxygen atoms in total. The van der Waals surface area contributed by atoms with Crippen LogP contribution in [-0.2, 0) is 11.2 Å². The standard InChI is InChI=1S/C17H26O4/c1-3-4-5-6-14(18)8-9-15(19)11-13-7-10-16(20)17(12-13)21-2/h7,10,12,14,18,20H,3-6,8-9,11H2,1-2H3/t14-/m0/s1. The number of aliphatic hydroxyl groups excluding tert-OH is 1. The summed E-state index contributed by atoms with van der Waals surface area (Å²) in [5.41, 5.74) is 0.815. The van der Waals surface area contributed by atoms with Crippen molar-refractivity contribution in [2.45, 2.75) is 58.0 Å². The van der Waals surface area contributed by atoms with E-state index in [-0.39, 0.29) is 17.6 Å². The third-order valence-corrected chi connectivity index (χ3v) is 3.54. The van der Waals surface area contributed by atoms with Gasteiger partial charge in [0, 0.05) is 12.8 Å². The Labute approximate surface area is 126 Å². The van der Waals surface area contributed by atoms with Crippen LogP contribution in [0.5, 0.6) is 11.5 Å². The topological polar surface area (TPSA) is 66.8 Å². The molecule has 0 fully saturated rings. The van der Waals surface area contributed by atoms with Crippen molar-refractivity contribution in [2.75, 3.05) is 7.11 Å². The number of carbonyl (C=O) groups excluding carboxylic acids is 1. The summed E-state index contributed by atoms with van der Waals surface area (Å²) < 4.78 is 5.02. The lowest BCUT2D eigenvalue weighted by Crippen LogP contribution is -2.11. The number of phenolic OH excluding ortho intramolecular Hbond substituents is 1. The van der Waals surface area contributed by atoms with Gasteiger partial charge >= 0.3 is 0 Å². The van der Waals surface area contributed by atoms with Crippen molar-refractivity contribution in [1.82, 2.24) is 0 Å². The molecule has 1 aromatic carbocycles. The van der Waals surface area contributed by atoms with E-state index < -0.39 is 0 Å². The average Bonchev–Trinajstić information content (AvgIpc) is 2.47. The molecule has 0 saturated carbocycles. The highest BCUT2D eigenvalue weighted by Crippen LogP contribution is 2.26. The molecule has 118 valence electrons. The first-order valence-corrected chi connectivity index (χ1v) is 7.62. The van der Waals surface area contributed by atoms with Crippen LogP contribution in [0.15, 0.2) is 18.2 Å². The summed E-state index contributed by atoms with van der Waals surface area (Å²) in [7, 11) is 1.48. The van der Waals surface area contributed by atoms with Crippen molar-refractivity contribution < 1.29 is 19.7 Å². The van der Waals surface area contributed by atoms with Gasteiger partial charge in [0.1, 0.15) is 5.78 Å². The quantitative estimate of drug-likeness (QED) is 0.650. The molecule has 0 saturated heterocycles. The van der Waals surface area contributed by atoms with Gasteiger partial charge in [0.2, 0.25) is 0 Å². The highest BCUT2D eigenvalue weighted by atomic mass is 16.5. The Kier molecular flexibility index (Phi) is 7.83. The van der Waals surface area contributed by atoms with Gasteiger partial charge in [-0.2, -0.15) is 0 Å². The van der Waals surface area contributed by atoms with Crippen molar-refractivity contribution in [2.24, 2.45) is 0 Å². The Hall–Kier alpha value is -1.55. The van der Waals surface area contributed by atoms with Gasteiger partial charge in [-0.15, -0.1) is 0 Å². The average molecular weight is 294 g/mol. The minimum Gasteiger partial charge on any atom is -0.504 e. The highest BCUT2D eigenvalue weighted by molar-refractivity contribution is 5.81. The minimum atomic E-state index is -0.380. The predicted octanol–water partition coefficient (Wildman–Crippen LogP) is 3.23. The van der Waals surface area contributed by atoms with Crippen LogP contribution in [0.1, 0.15) is 51.0 Å². The van der Waals surface area contributed by atoms with E-state index in [4.69, 9.17) is 4.74 Å². The number of ketones is 1. The highest BCUT2D eigenvalue weighted by Gasteiger charge is 2.10. The monoisotopic (exact) mass is 294 g/mol. The molecular weight excluding hydrogens is 268 g/mol. The Morgan fingerprint density at radius 3 is 2.71 bits per heavy atom. The predicted molar refractivity (Wildman–Crippen MR) is 82.8 cm³/mol. The number of rotatable bonds is 10. The lowest BCUT2D eigenvalue weighted by Gasteiger charge is -2.10. The lowest BCUT2D eigenvalue weighted by molar-refractivity contribution is -0.119. The fourth-order valence-corrected chi connectivity index (χ4v) is 2.25. The molecular formula is C17H26O4. The summed E-state index contributed by atoms with van der Waals surface area (Å²) in [6.45, 7) is 2.13. The number of aromatic hydroxyl groups is 1. The van der Waals surface area contributed by atoms with Crippen LogP contribution in [0.25, 0.3) is 0 Å². The lowest BCUT2D eigenvalue weighted by atomic mass is 10.0. The first kappa shape index (κ1) is 17.5. The van der Waals surface area contributed by atoms with Crippen LogP contribution in [-0.4, -0.2) is 29.2 Å². The smallest absolute Gasteiger partial charge is 0.160 e. The Morgan fingerprint density at radius 2 is 2.05 bits per heavy atom. The molecule has 0 aliphatic heterocycles. The number of aliphatic hydroxyl groups is 1. The molecule has 1 atom stereocenters. The summed E-state index contributed by atoms with van der Waals surface area (Å²) >= 11 is 0.